The maximum atomic E-state index is 10.3. The molecule has 240 valence electrons. The lowest BCUT2D eigenvalue weighted by molar-refractivity contribution is -0.109. The van der Waals surface area contributed by atoms with E-state index in [0.29, 0.717) is 34.0 Å². The summed E-state index contributed by atoms with van der Waals surface area (Å²) < 4.78 is 5.21. The fourth-order valence-electron chi connectivity index (χ4n) is 5.56. The minimum Gasteiger partial charge on any atom is -0.497 e. The number of nitrogens with one attached hydrogen (secondary N) is 3. The van der Waals surface area contributed by atoms with Crippen LogP contribution < -0.4 is 20.7 Å². The standard InChI is InChI=1S/C19H30N2O.C16H15ClN4O2/c1-17-8-7-10-18(14-17)19(9-3-4-11-20-16-22)15-21-12-5-2-6-13-21;1-23-10-6-7-11(17)14(8-10)21-16-15(18-9-22)19-12-4-2-3-5-13(12)20-16/h7-8,10,14,16,19H,2-6,9,11-13,15H2,1H3,(H,20,22);2-8,22H,9H2,1H3,(H,18,19)(H,20,21). The molecule has 0 saturated carbocycles. The van der Waals surface area contributed by atoms with E-state index in [0.717, 1.165) is 30.4 Å². The Labute approximate surface area is 271 Å². The molecule has 1 fully saturated rings. The predicted molar refractivity (Wildman–Crippen MR) is 184 cm³/mol. The van der Waals surface area contributed by atoms with Gasteiger partial charge < -0.3 is 30.7 Å². The van der Waals surface area contributed by atoms with Crippen LogP contribution in [0, 0.1) is 6.92 Å². The maximum Gasteiger partial charge on any atom is 0.207 e. The van der Waals surface area contributed by atoms with Gasteiger partial charge in [0.2, 0.25) is 6.41 Å². The Morgan fingerprint density at radius 2 is 1.73 bits per heavy atom. The van der Waals surface area contributed by atoms with Crippen molar-refractivity contribution in [3.05, 3.63) is 82.9 Å². The number of amides is 1. The lowest BCUT2D eigenvalue weighted by Gasteiger charge is -2.31. The summed E-state index contributed by atoms with van der Waals surface area (Å²) in [5.74, 6) is 2.19. The Balaban J connectivity index is 0.000000205. The summed E-state index contributed by atoms with van der Waals surface area (Å²) in [6, 6.07) is 21.7. The Hall–Kier alpha value is -3.92. The number of hydrogen-bond acceptors (Lipinski definition) is 8. The van der Waals surface area contributed by atoms with Crippen molar-refractivity contribution in [1.29, 1.82) is 0 Å². The van der Waals surface area contributed by atoms with E-state index >= 15 is 0 Å². The van der Waals surface area contributed by atoms with Gasteiger partial charge in [0.15, 0.2) is 11.6 Å². The maximum absolute atomic E-state index is 10.3. The van der Waals surface area contributed by atoms with Crippen LogP contribution in [0.2, 0.25) is 5.02 Å². The van der Waals surface area contributed by atoms with E-state index in [-0.39, 0.29) is 6.73 Å². The van der Waals surface area contributed by atoms with Crippen molar-refractivity contribution in [2.24, 2.45) is 0 Å². The van der Waals surface area contributed by atoms with Crippen LogP contribution in [-0.4, -0.2) is 66.4 Å². The number of aliphatic hydroxyl groups excluding tert-OH is 1. The molecule has 0 radical (unpaired) electrons. The van der Waals surface area contributed by atoms with Gasteiger partial charge in [0, 0.05) is 19.2 Å². The normalized spacial score (nSPS) is 13.8. The molecule has 3 aromatic carbocycles. The highest BCUT2D eigenvalue weighted by atomic mass is 35.5. The number of aryl methyl sites for hydroxylation is 1. The number of piperidine rings is 1. The fourth-order valence-corrected chi connectivity index (χ4v) is 5.72. The van der Waals surface area contributed by atoms with Gasteiger partial charge in [0.1, 0.15) is 12.5 Å². The quantitative estimate of drug-likeness (QED) is 0.0676. The number of aromatic nitrogens is 2. The first kappa shape index (κ1) is 34.0. The number of unbranched alkanes of at least 4 members (excludes halogenated alkanes) is 1. The first-order valence-corrected chi connectivity index (χ1v) is 16.1. The van der Waals surface area contributed by atoms with Crippen LogP contribution in [-0.2, 0) is 4.79 Å². The number of rotatable bonds is 14. The summed E-state index contributed by atoms with van der Waals surface area (Å²) >= 11 is 6.21. The molecule has 0 aliphatic carbocycles. The molecule has 2 heterocycles. The van der Waals surface area contributed by atoms with Gasteiger partial charge in [-0.1, -0.05) is 66.4 Å². The van der Waals surface area contributed by atoms with Crippen molar-refractivity contribution in [3.8, 4) is 5.75 Å². The van der Waals surface area contributed by atoms with Crippen molar-refractivity contribution in [1.82, 2.24) is 20.2 Å². The third kappa shape index (κ3) is 10.6. The first-order valence-electron chi connectivity index (χ1n) is 15.7. The van der Waals surface area contributed by atoms with Crippen LogP contribution in [0.5, 0.6) is 5.75 Å². The molecular weight excluding hydrogens is 588 g/mol. The van der Waals surface area contributed by atoms with E-state index in [1.165, 1.54) is 62.9 Å². The van der Waals surface area contributed by atoms with E-state index in [9.17, 15) is 4.79 Å². The Morgan fingerprint density at radius 1 is 0.978 bits per heavy atom. The predicted octanol–water partition coefficient (Wildman–Crippen LogP) is 6.88. The summed E-state index contributed by atoms with van der Waals surface area (Å²) in [7, 11) is 1.58. The van der Waals surface area contributed by atoms with Gasteiger partial charge in [0.05, 0.1) is 28.9 Å². The number of nitrogens with zero attached hydrogens (tertiary/aromatic N) is 3. The average molecular weight is 633 g/mol. The highest BCUT2D eigenvalue weighted by Crippen LogP contribution is 2.32. The number of ether oxygens (including phenoxy) is 1. The van der Waals surface area contributed by atoms with Gasteiger partial charge in [-0.15, -0.1) is 0 Å². The molecule has 1 aliphatic rings. The van der Waals surface area contributed by atoms with Gasteiger partial charge in [0.25, 0.3) is 0 Å². The van der Waals surface area contributed by atoms with Gasteiger partial charge in [-0.2, -0.15) is 0 Å². The molecule has 10 heteroatoms. The highest BCUT2D eigenvalue weighted by Gasteiger charge is 2.18. The molecule has 45 heavy (non-hydrogen) atoms. The molecule has 9 nitrogen and oxygen atoms in total. The topological polar surface area (TPSA) is 112 Å². The van der Waals surface area contributed by atoms with Crippen molar-refractivity contribution in [3.63, 3.8) is 0 Å². The number of benzene rings is 3. The lowest BCUT2D eigenvalue weighted by Crippen LogP contribution is -2.33. The Kier molecular flexibility index (Phi) is 13.7. The molecule has 4 N–H and O–H groups in total. The number of fused-ring (bicyclic) bond motifs is 1. The summed E-state index contributed by atoms with van der Waals surface area (Å²) in [6.45, 7) is 6.42. The molecule has 1 aromatic heterocycles. The molecule has 5 rings (SSSR count). The number of carbonyl (C=O) groups excluding carboxylic acids is 1. The minimum atomic E-state index is -0.256. The molecule has 1 aliphatic heterocycles. The zero-order valence-corrected chi connectivity index (χ0v) is 27.0. The number of aliphatic hydroxyl groups is 1. The van der Waals surface area contributed by atoms with Crippen LogP contribution in [0.3, 0.4) is 0 Å². The average Bonchev–Trinajstić information content (AvgIpc) is 3.06. The summed E-state index contributed by atoms with van der Waals surface area (Å²) in [5, 5.41) is 18.4. The highest BCUT2D eigenvalue weighted by molar-refractivity contribution is 6.33. The number of anilines is 3. The Bertz CT molecular complexity index is 1500. The molecule has 1 atom stereocenters. The van der Waals surface area contributed by atoms with Gasteiger partial charge >= 0.3 is 0 Å². The van der Waals surface area contributed by atoms with Gasteiger partial charge in [-0.05, 0) is 81.4 Å². The van der Waals surface area contributed by atoms with Crippen molar-refractivity contribution < 1.29 is 14.6 Å². The number of halogens is 1. The molecule has 0 bridgehead atoms. The molecular formula is C35H45ClN6O3. The fraction of sp³-hybridized carbons (Fsp3) is 0.400. The largest absolute Gasteiger partial charge is 0.497 e. The summed E-state index contributed by atoms with van der Waals surface area (Å²) in [4.78, 5) is 21.9. The zero-order valence-electron chi connectivity index (χ0n) is 26.3. The second-order valence-electron chi connectivity index (χ2n) is 11.3. The van der Waals surface area contributed by atoms with Crippen LogP contribution in [0.4, 0.5) is 17.3 Å². The molecule has 4 aromatic rings. The number of methoxy groups -OCH3 is 1. The number of likely N-dealkylation sites (tertiary alicyclic amines) is 1. The molecule has 1 amide bonds. The second kappa shape index (κ2) is 18.1. The van der Waals surface area contributed by atoms with Gasteiger partial charge in [-0.3, -0.25) is 4.79 Å². The lowest BCUT2D eigenvalue weighted by atomic mass is 9.91. The van der Waals surface area contributed by atoms with Crippen molar-refractivity contribution >= 4 is 46.4 Å². The number of hydrogen-bond donors (Lipinski definition) is 4. The second-order valence-corrected chi connectivity index (χ2v) is 11.7. The SMILES string of the molecule is COc1ccc(Cl)c(Nc2nc3ccccc3nc2NCO)c1.Cc1cccc(C(CCCCNC=O)CN2CCCCC2)c1. The van der Waals surface area contributed by atoms with Crippen molar-refractivity contribution in [2.75, 3.05) is 50.7 Å². The number of para-hydroxylation sites is 2. The first-order chi connectivity index (χ1) is 22.0. The molecule has 0 spiro atoms. The summed E-state index contributed by atoms with van der Waals surface area (Å²) in [6.07, 6.45) is 8.34. The van der Waals surface area contributed by atoms with Crippen LogP contribution >= 0.6 is 11.6 Å². The van der Waals surface area contributed by atoms with E-state index in [4.69, 9.17) is 21.4 Å². The van der Waals surface area contributed by atoms with E-state index in [2.05, 4.69) is 62.0 Å². The summed E-state index contributed by atoms with van der Waals surface area (Å²) in [5.41, 5.74) is 4.93. The van der Waals surface area contributed by atoms with E-state index in [1.807, 2.05) is 24.3 Å². The third-order valence-electron chi connectivity index (χ3n) is 7.89. The minimum absolute atomic E-state index is 0.256. The van der Waals surface area contributed by atoms with Gasteiger partial charge in [-0.25, -0.2) is 9.97 Å². The van der Waals surface area contributed by atoms with E-state index < -0.39 is 0 Å². The monoisotopic (exact) mass is 632 g/mol. The zero-order chi connectivity index (χ0) is 31.9. The van der Waals surface area contributed by atoms with Crippen LogP contribution in [0.15, 0.2) is 66.7 Å². The molecule has 1 saturated heterocycles. The Morgan fingerprint density at radius 3 is 2.42 bits per heavy atom. The van der Waals surface area contributed by atoms with Crippen LogP contribution in [0.25, 0.3) is 11.0 Å². The smallest absolute Gasteiger partial charge is 0.207 e. The number of carbonyl (C=O) groups is 1. The molecule has 1 unspecified atom stereocenters. The van der Waals surface area contributed by atoms with Crippen LogP contribution in [0.1, 0.15) is 55.6 Å². The third-order valence-corrected chi connectivity index (χ3v) is 8.22. The van der Waals surface area contributed by atoms with Crippen molar-refractivity contribution in [2.45, 2.75) is 51.4 Å². The van der Waals surface area contributed by atoms with E-state index in [1.54, 1.807) is 25.3 Å².